The first-order chi connectivity index (χ1) is 14.0. The topological polar surface area (TPSA) is 72.2 Å². The van der Waals surface area contributed by atoms with Crippen LogP contribution in [0.15, 0.2) is 42.1 Å². The van der Waals surface area contributed by atoms with Crippen LogP contribution in [-0.4, -0.2) is 11.8 Å². The largest absolute Gasteiger partial charge is 0.369 e. The quantitative estimate of drug-likeness (QED) is 0.806. The van der Waals surface area contributed by atoms with E-state index in [0.29, 0.717) is 24.2 Å². The molecule has 2 amide bonds. The Morgan fingerprint density at radius 2 is 1.93 bits per heavy atom. The molecule has 1 heterocycles. The van der Waals surface area contributed by atoms with E-state index in [1.165, 1.54) is 12.8 Å². The van der Waals surface area contributed by atoms with Crippen LogP contribution in [0, 0.1) is 28.6 Å². The third-order valence-corrected chi connectivity index (χ3v) is 9.02. The van der Waals surface area contributed by atoms with E-state index < -0.39 is 0 Å². The molecule has 3 N–H and O–H groups in total. The normalized spacial score (nSPS) is 39.4. The molecule has 29 heavy (non-hydrogen) atoms. The average Bonchev–Trinajstić information content (AvgIpc) is 3.14. The highest BCUT2D eigenvalue weighted by Gasteiger charge is 2.60. The molecule has 4 aliphatic rings. The number of primary amides is 1. The van der Waals surface area contributed by atoms with Crippen LogP contribution >= 0.6 is 0 Å². The summed E-state index contributed by atoms with van der Waals surface area (Å²) in [5.41, 5.74) is 8.38. The molecule has 0 aromatic heterocycles. The standard InChI is InChI=1S/C25H32N2O2/c1-24-14-12-21(28)27-20(24)10-9-17-18(24)11-15-25(13-5-8-19(17)25)22(23(26)29)16-6-3-2-4-7-16/h2-4,6-7,10,17-19,22H,5,8-9,11-15H2,1H3,(H2,26,29)(H,27,28)/t17-,18+,19+,22?,24-,25-/m1/s1. The lowest BCUT2D eigenvalue weighted by molar-refractivity contribution is -0.130. The number of piperidine rings is 1. The van der Waals surface area contributed by atoms with Gasteiger partial charge in [0.2, 0.25) is 11.8 Å². The van der Waals surface area contributed by atoms with Crippen LogP contribution in [0.4, 0.5) is 0 Å². The highest BCUT2D eigenvalue weighted by Crippen LogP contribution is 2.67. The van der Waals surface area contributed by atoms with E-state index in [2.05, 4.69) is 30.4 Å². The van der Waals surface area contributed by atoms with Gasteiger partial charge in [0.25, 0.3) is 0 Å². The van der Waals surface area contributed by atoms with Gasteiger partial charge in [-0.3, -0.25) is 9.59 Å². The minimum absolute atomic E-state index is 0.00598. The molecule has 1 unspecified atom stereocenters. The van der Waals surface area contributed by atoms with Gasteiger partial charge in [-0.2, -0.15) is 0 Å². The van der Waals surface area contributed by atoms with Crippen molar-refractivity contribution < 1.29 is 9.59 Å². The summed E-state index contributed by atoms with van der Waals surface area (Å²) >= 11 is 0. The summed E-state index contributed by atoms with van der Waals surface area (Å²) in [6.07, 6.45) is 10.6. The third-order valence-electron chi connectivity index (χ3n) is 9.02. The smallest absolute Gasteiger partial charge is 0.225 e. The summed E-state index contributed by atoms with van der Waals surface area (Å²) in [6.45, 7) is 2.36. The van der Waals surface area contributed by atoms with Gasteiger partial charge in [0.05, 0.1) is 5.92 Å². The number of benzene rings is 1. The number of carbonyl (C=O) groups is 2. The van der Waals surface area contributed by atoms with Crippen molar-refractivity contribution in [3.05, 3.63) is 47.7 Å². The lowest BCUT2D eigenvalue weighted by atomic mass is 9.47. The van der Waals surface area contributed by atoms with Crippen LogP contribution in [0.5, 0.6) is 0 Å². The van der Waals surface area contributed by atoms with Gasteiger partial charge in [-0.1, -0.05) is 49.8 Å². The number of fused-ring (bicyclic) bond motifs is 5. The van der Waals surface area contributed by atoms with E-state index in [0.717, 1.165) is 43.4 Å². The fraction of sp³-hybridized carbons (Fsp3) is 0.600. The van der Waals surface area contributed by atoms with Crippen molar-refractivity contribution >= 4 is 11.8 Å². The molecule has 1 aromatic rings. The van der Waals surface area contributed by atoms with Gasteiger partial charge in [-0.15, -0.1) is 0 Å². The lowest BCUT2D eigenvalue weighted by Crippen LogP contribution is -2.55. The predicted octanol–water partition coefficient (Wildman–Crippen LogP) is 4.27. The second-order valence-electron chi connectivity index (χ2n) is 10.1. The van der Waals surface area contributed by atoms with E-state index in [1.54, 1.807) is 0 Å². The zero-order valence-corrected chi connectivity index (χ0v) is 17.3. The molecule has 3 fully saturated rings. The van der Waals surface area contributed by atoms with Gasteiger partial charge in [0.1, 0.15) is 0 Å². The first kappa shape index (κ1) is 18.9. The number of hydrogen-bond donors (Lipinski definition) is 2. The molecule has 0 bridgehead atoms. The van der Waals surface area contributed by atoms with Gasteiger partial charge >= 0.3 is 0 Å². The molecular formula is C25H32N2O2. The van der Waals surface area contributed by atoms with Crippen molar-refractivity contribution in [1.29, 1.82) is 0 Å². The Kier molecular flexibility index (Phi) is 4.38. The molecule has 1 aliphatic heterocycles. The van der Waals surface area contributed by atoms with E-state index >= 15 is 0 Å². The molecule has 1 saturated heterocycles. The van der Waals surface area contributed by atoms with E-state index in [9.17, 15) is 9.59 Å². The van der Waals surface area contributed by atoms with Crippen LogP contribution in [0.1, 0.15) is 69.8 Å². The van der Waals surface area contributed by atoms with Crippen molar-refractivity contribution in [2.75, 3.05) is 0 Å². The second kappa shape index (κ2) is 6.72. The predicted molar refractivity (Wildman–Crippen MR) is 113 cm³/mol. The Hall–Kier alpha value is -2.10. The summed E-state index contributed by atoms with van der Waals surface area (Å²) in [5.74, 6) is 1.51. The fourth-order valence-electron chi connectivity index (χ4n) is 7.83. The number of hydrogen-bond acceptors (Lipinski definition) is 2. The third kappa shape index (κ3) is 2.71. The molecule has 4 nitrogen and oxygen atoms in total. The average molecular weight is 393 g/mol. The van der Waals surface area contributed by atoms with Gasteiger partial charge in [0.15, 0.2) is 0 Å². The van der Waals surface area contributed by atoms with Crippen molar-refractivity contribution in [2.45, 2.75) is 64.2 Å². The Bertz CT molecular complexity index is 863. The van der Waals surface area contributed by atoms with Gasteiger partial charge in [-0.25, -0.2) is 0 Å². The Morgan fingerprint density at radius 1 is 1.14 bits per heavy atom. The van der Waals surface area contributed by atoms with Gasteiger partial charge < -0.3 is 11.1 Å². The summed E-state index contributed by atoms with van der Waals surface area (Å²) in [4.78, 5) is 24.8. The monoisotopic (exact) mass is 392 g/mol. The summed E-state index contributed by atoms with van der Waals surface area (Å²) in [7, 11) is 0. The van der Waals surface area contributed by atoms with E-state index in [-0.39, 0.29) is 28.6 Å². The number of nitrogens with two attached hydrogens (primary N) is 1. The number of amides is 2. The minimum atomic E-state index is -0.193. The highest BCUT2D eigenvalue weighted by molar-refractivity contribution is 5.83. The molecule has 0 radical (unpaired) electrons. The molecule has 2 saturated carbocycles. The Morgan fingerprint density at radius 3 is 2.69 bits per heavy atom. The van der Waals surface area contributed by atoms with Crippen LogP contribution < -0.4 is 11.1 Å². The molecule has 0 spiro atoms. The van der Waals surface area contributed by atoms with Crippen LogP contribution in [0.25, 0.3) is 0 Å². The first-order valence-corrected chi connectivity index (χ1v) is 11.3. The molecule has 154 valence electrons. The summed E-state index contributed by atoms with van der Waals surface area (Å²) < 4.78 is 0. The molecule has 5 rings (SSSR count). The maximum Gasteiger partial charge on any atom is 0.225 e. The molecule has 1 aromatic carbocycles. The van der Waals surface area contributed by atoms with Crippen molar-refractivity contribution in [1.82, 2.24) is 5.32 Å². The molecule has 6 atom stereocenters. The Labute approximate surface area is 173 Å². The molecule has 3 aliphatic carbocycles. The van der Waals surface area contributed by atoms with Crippen LogP contribution in [0.3, 0.4) is 0 Å². The fourth-order valence-corrected chi connectivity index (χ4v) is 7.83. The van der Waals surface area contributed by atoms with Crippen LogP contribution in [0.2, 0.25) is 0 Å². The molecule has 4 heteroatoms. The number of carbonyl (C=O) groups excluding carboxylic acids is 2. The van der Waals surface area contributed by atoms with Crippen LogP contribution in [-0.2, 0) is 9.59 Å². The SMILES string of the molecule is C[C@]12CCC(=O)NC1=CC[C@H]1[C@@H]3CCC[C@@]3(C(C(N)=O)c3ccccc3)CC[C@@H]12. The first-order valence-electron chi connectivity index (χ1n) is 11.3. The summed E-state index contributed by atoms with van der Waals surface area (Å²) in [5, 5.41) is 3.18. The van der Waals surface area contributed by atoms with Crippen molar-refractivity contribution in [3.8, 4) is 0 Å². The number of allylic oxidation sites excluding steroid dienone is 2. The minimum Gasteiger partial charge on any atom is -0.369 e. The zero-order valence-electron chi connectivity index (χ0n) is 17.3. The van der Waals surface area contributed by atoms with E-state index in [4.69, 9.17) is 5.73 Å². The zero-order chi connectivity index (χ0) is 20.2. The van der Waals surface area contributed by atoms with E-state index in [1.807, 2.05) is 18.2 Å². The number of nitrogens with one attached hydrogen (secondary N) is 1. The van der Waals surface area contributed by atoms with Crippen molar-refractivity contribution in [2.24, 2.45) is 34.3 Å². The number of rotatable bonds is 3. The Balaban J connectivity index is 1.54. The van der Waals surface area contributed by atoms with Crippen molar-refractivity contribution in [3.63, 3.8) is 0 Å². The lowest BCUT2D eigenvalue weighted by Gasteiger charge is -2.58. The highest BCUT2D eigenvalue weighted by atomic mass is 16.2. The summed E-state index contributed by atoms with van der Waals surface area (Å²) in [6, 6.07) is 10.2. The maximum atomic E-state index is 12.8. The van der Waals surface area contributed by atoms with Gasteiger partial charge in [-0.05, 0) is 67.3 Å². The second-order valence-corrected chi connectivity index (χ2v) is 10.1. The molecular weight excluding hydrogens is 360 g/mol. The van der Waals surface area contributed by atoms with Gasteiger partial charge in [0, 0.05) is 17.5 Å². The maximum absolute atomic E-state index is 12.8.